The van der Waals surface area contributed by atoms with E-state index in [1.165, 1.54) is 0 Å². The van der Waals surface area contributed by atoms with Gasteiger partial charge in [-0.05, 0) is 25.6 Å². The maximum Gasteiger partial charge on any atom is 0.317 e. The maximum absolute atomic E-state index is 5.45. The Balaban J connectivity index is 1.95. The summed E-state index contributed by atoms with van der Waals surface area (Å²) in [4.78, 5) is 8.49. The van der Waals surface area contributed by atoms with Crippen LogP contribution in [0, 0.1) is 6.92 Å². The van der Waals surface area contributed by atoms with Gasteiger partial charge in [0, 0.05) is 24.0 Å². The van der Waals surface area contributed by atoms with Gasteiger partial charge in [0.2, 0.25) is 0 Å². The average molecular weight is 247 g/mol. The van der Waals surface area contributed by atoms with Gasteiger partial charge in [0.15, 0.2) is 0 Å². The normalized spacial score (nSPS) is 10.6. The van der Waals surface area contributed by atoms with Gasteiger partial charge < -0.3 is 14.5 Å². The third-order valence-corrected chi connectivity index (χ3v) is 2.55. The highest BCUT2D eigenvalue weighted by atomic mass is 16.5. The van der Waals surface area contributed by atoms with E-state index in [-0.39, 0.29) is 0 Å². The highest BCUT2D eigenvalue weighted by Crippen LogP contribution is 2.10. The largest absolute Gasteiger partial charge is 0.466 e. The average Bonchev–Trinajstić information content (AvgIpc) is 2.88. The van der Waals surface area contributed by atoms with E-state index in [0.717, 1.165) is 30.1 Å². The summed E-state index contributed by atoms with van der Waals surface area (Å²) in [5.74, 6) is 0.757. The molecule has 0 amide bonds. The van der Waals surface area contributed by atoms with Crippen LogP contribution in [-0.4, -0.2) is 16.5 Å². The Bertz CT molecular complexity index is 483. The molecule has 0 unspecified atom stereocenters. The molecule has 2 aromatic heterocycles. The summed E-state index contributed by atoms with van der Waals surface area (Å²) >= 11 is 0. The van der Waals surface area contributed by atoms with Crippen molar-refractivity contribution in [3.05, 3.63) is 41.6 Å². The predicted molar refractivity (Wildman–Crippen MR) is 67.2 cm³/mol. The molecule has 5 nitrogen and oxygen atoms in total. The number of nitrogens with zero attached hydrogens (tertiary/aromatic N) is 2. The number of nitrogens with one attached hydrogen (secondary N) is 1. The summed E-state index contributed by atoms with van der Waals surface area (Å²) in [6.07, 6.45) is 3.41. The highest BCUT2D eigenvalue weighted by molar-refractivity contribution is 5.17. The number of hydrogen-bond donors (Lipinski definition) is 1. The molecular formula is C13H17N3O2. The molecule has 0 aliphatic carbocycles. The van der Waals surface area contributed by atoms with Crippen molar-refractivity contribution >= 4 is 0 Å². The van der Waals surface area contributed by atoms with Gasteiger partial charge in [-0.2, -0.15) is 0 Å². The zero-order valence-corrected chi connectivity index (χ0v) is 10.6. The first-order valence-corrected chi connectivity index (χ1v) is 5.98. The van der Waals surface area contributed by atoms with Crippen molar-refractivity contribution in [1.82, 2.24) is 15.3 Å². The second-order valence-corrected chi connectivity index (χ2v) is 3.91. The van der Waals surface area contributed by atoms with Gasteiger partial charge in [-0.25, -0.2) is 9.97 Å². The molecule has 0 aliphatic rings. The molecule has 0 aliphatic heterocycles. The summed E-state index contributed by atoms with van der Waals surface area (Å²) < 4.78 is 10.6. The zero-order chi connectivity index (χ0) is 12.8. The van der Waals surface area contributed by atoms with Crippen LogP contribution in [0.2, 0.25) is 0 Å². The molecule has 1 N–H and O–H groups in total. The lowest BCUT2D eigenvalue weighted by Crippen LogP contribution is -2.14. The number of aryl methyl sites for hydroxylation is 1. The van der Waals surface area contributed by atoms with Crippen LogP contribution in [0.5, 0.6) is 6.01 Å². The highest BCUT2D eigenvalue weighted by Gasteiger charge is 2.05. The molecule has 0 saturated heterocycles. The molecular weight excluding hydrogens is 230 g/mol. The Hall–Kier alpha value is -1.88. The Morgan fingerprint density at radius 2 is 2.33 bits per heavy atom. The number of aromatic nitrogens is 2. The fourth-order valence-corrected chi connectivity index (χ4v) is 1.50. The van der Waals surface area contributed by atoms with Crippen molar-refractivity contribution in [1.29, 1.82) is 0 Å². The van der Waals surface area contributed by atoms with Crippen molar-refractivity contribution in [3.63, 3.8) is 0 Å². The van der Waals surface area contributed by atoms with Crippen LogP contribution in [0.15, 0.2) is 29.0 Å². The van der Waals surface area contributed by atoms with Gasteiger partial charge in [0.05, 0.1) is 6.26 Å². The standard InChI is InChI=1S/C13H17N3O2/c1-3-14-7-11-8-15-13(16-10(11)2)18-9-12-5-4-6-17-12/h4-6,8,14H,3,7,9H2,1-2H3. The molecule has 0 atom stereocenters. The zero-order valence-electron chi connectivity index (χ0n) is 10.6. The van der Waals surface area contributed by atoms with E-state index in [2.05, 4.69) is 22.2 Å². The Kier molecular flexibility index (Phi) is 4.30. The lowest BCUT2D eigenvalue weighted by atomic mass is 10.2. The topological polar surface area (TPSA) is 60.2 Å². The first-order valence-electron chi connectivity index (χ1n) is 5.98. The quantitative estimate of drug-likeness (QED) is 0.846. The Labute approximate surface area is 106 Å². The van der Waals surface area contributed by atoms with Crippen LogP contribution < -0.4 is 10.1 Å². The Morgan fingerprint density at radius 1 is 1.44 bits per heavy atom. The molecule has 96 valence electrons. The van der Waals surface area contributed by atoms with Crippen molar-refractivity contribution in [2.24, 2.45) is 0 Å². The van der Waals surface area contributed by atoms with Crippen LogP contribution in [0.3, 0.4) is 0 Å². The molecule has 18 heavy (non-hydrogen) atoms. The molecule has 0 bridgehead atoms. The minimum Gasteiger partial charge on any atom is -0.466 e. The van der Waals surface area contributed by atoms with E-state index in [1.807, 2.05) is 19.1 Å². The minimum atomic E-state index is 0.346. The fourth-order valence-electron chi connectivity index (χ4n) is 1.50. The molecule has 0 radical (unpaired) electrons. The third kappa shape index (κ3) is 3.30. The lowest BCUT2D eigenvalue weighted by Gasteiger charge is -2.07. The predicted octanol–water partition coefficient (Wildman–Crippen LogP) is 2.07. The molecule has 2 rings (SSSR count). The summed E-state index contributed by atoms with van der Waals surface area (Å²) in [5, 5.41) is 3.24. The summed E-state index contributed by atoms with van der Waals surface area (Å²) in [5.41, 5.74) is 2.02. The van der Waals surface area contributed by atoms with Crippen LogP contribution in [-0.2, 0) is 13.2 Å². The molecule has 2 aromatic rings. The van der Waals surface area contributed by atoms with Gasteiger partial charge >= 0.3 is 6.01 Å². The van der Waals surface area contributed by atoms with Gasteiger partial charge in [0.1, 0.15) is 12.4 Å². The van der Waals surface area contributed by atoms with E-state index in [9.17, 15) is 0 Å². The van der Waals surface area contributed by atoms with Crippen molar-refractivity contribution in [3.8, 4) is 6.01 Å². The molecule has 0 spiro atoms. The summed E-state index contributed by atoms with van der Waals surface area (Å²) in [7, 11) is 0. The van der Waals surface area contributed by atoms with Crippen LogP contribution >= 0.6 is 0 Å². The summed E-state index contributed by atoms with van der Waals surface area (Å²) in [6.45, 7) is 6.07. The number of rotatable bonds is 6. The lowest BCUT2D eigenvalue weighted by molar-refractivity contribution is 0.249. The number of ether oxygens (including phenoxy) is 1. The van der Waals surface area contributed by atoms with Gasteiger partial charge in [0.25, 0.3) is 0 Å². The van der Waals surface area contributed by atoms with Crippen molar-refractivity contribution in [2.75, 3.05) is 6.54 Å². The van der Waals surface area contributed by atoms with Crippen molar-refractivity contribution in [2.45, 2.75) is 27.0 Å². The SMILES string of the molecule is CCNCc1cnc(OCc2ccco2)nc1C. The smallest absolute Gasteiger partial charge is 0.317 e. The number of furan rings is 1. The second-order valence-electron chi connectivity index (χ2n) is 3.91. The first-order chi connectivity index (χ1) is 8.79. The Morgan fingerprint density at radius 3 is 3.00 bits per heavy atom. The fraction of sp³-hybridized carbons (Fsp3) is 0.385. The van der Waals surface area contributed by atoms with E-state index in [4.69, 9.17) is 9.15 Å². The minimum absolute atomic E-state index is 0.346. The van der Waals surface area contributed by atoms with E-state index in [0.29, 0.717) is 12.6 Å². The van der Waals surface area contributed by atoms with E-state index >= 15 is 0 Å². The van der Waals surface area contributed by atoms with Gasteiger partial charge in [-0.1, -0.05) is 6.92 Å². The second kappa shape index (κ2) is 6.16. The van der Waals surface area contributed by atoms with Crippen LogP contribution in [0.4, 0.5) is 0 Å². The van der Waals surface area contributed by atoms with Gasteiger partial charge in [-0.3, -0.25) is 0 Å². The van der Waals surface area contributed by atoms with Crippen molar-refractivity contribution < 1.29 is 9.15 Å². The van der Waals surface area contributed by atoms with Crippen LogP contribution in [0.1, 0.15) is 23.9 Å². The third-order valence-electron chi connectivity index (χ3n) is 2.55. The molecule has 2 heterocycles. The summed E-state index contributed by atoms with van der Waals surface area (Å²) in [6, 6.07) is 4.06. The first kappa shape index (κ1) is 12.6. The maximum atomic E-state index is 5.45. The number of hydrogen-bond acceptors (Lipinski definition) is 5. The molecule has 0 aromatic carbocycles. The molecule has 0 fully saturated rings. The molecule has 5 heteroatoms. The van der Waals surface area contributed by atoms with Gasteiger partial charge in [-0.15, -0.1) is 0 Å². The van der Waals surface area contributed by atoms with Crippen LogP contribution in [0.25, 0.3) is 0 Å². The monoisotopic (exact) mass is 247 g/mol. The van der Waals surface area contributed by atoms with E-state index in [1.54, 1.807) is 12.5 Å². The molecule has 0 saturated carbocycles. The van der Waals surface area contributed by atoms with E-state index < -0.39 is 0 Å².